The average Bonchev–Trinajstić information content (AvgIpc) is 3.01. The summed E-state index contributed by atoms with van der Waals surface area (Å²) in [5.74, 6) is 1.59. The number of H-pyrrole nitrogens is 1. The van der Waals surface area contributed by atoms with E-state index in [2.05, 4.69) is 40.2 Å². The third-order valence-corrected chi connectivity index (χ3v) is 5.02. The third kappa shape index (κ3) is 3.12. The van der Waals surface area contributed by atoms with Crippen LogP contribution in [0, 0.1) is 0 Å². The summed E-state index contributed by atoms with van der Waals surface area (Å²) in [7, 11) is 0. The first kappa shape index (κ1) is 14.7. The maximum Gasteiger partial charge on any atom is 0.111 e. The van der Waals surface area contributed by atoms with Crippen LogP contribution >= 0.6 is 11.6 Å². The number of aromatic nitrogens is 2. The highest BCUT2D eigenvalue weighted by Crippen LogP contribution is 2.28. The Kier molecular flexibility index (Phi) is 4.06. The van der Waals surface area contributed by atoms with Crippen molar-refractivity contribution in [2.75, 3.05) is 13.1 Å². The molecule has 1 atom stereocenters. The smallest absolute Gasteiger partial charge is 0.111 e. The first-order valence-electron chi connectivity index (χ1n) is 8.20. The van der Waals surface area contributed by atoms with Crippen LogP contribution in [0.5, 0.6) is 0 Å². The Balaban J connectivity index is 1.51. The van der Waals surface area contributed by atoms with Gasteiger partial charge in [0.1, 0.15) is 5.82 Å². The number of nitrogens with one attached hydrogen (secondary N) is 1. The summed E-state index contributed by atoms with van der Waals surface area (Å²) in [6.07, 6.45) is 2.39. The fourth-order valence-electron chi connectivity index (χ4n) is 3.46. The zero-order chi connectivity index (χ0) is 15.6. The number of para-hydroxylation sites is 2. The molecule has 0 amide bonds. The van der Waals surface area contributed by atoms with E-state index in [0.29, 0.717) is 5.92 Å². The van der Waals surface area contributed by atoms with Crippen LogP contribution in [0.3, 0.4) is 0 Å². The van der Waals surface area contributed by atoms with Crippen LogP contribution in [-0.2, 0) is 6.54 Å². The summed E-state index contributed by atoms with van der Waals surface area (Å²) in [6.45, 7) is 3.07. The van der Waals surface area contributed by atoms with E-state index in [9.17, 15) is 0 Å². The third-order valence-electron chi connectivity index (χ3n) is 4.65. The second-order valence-electron chi connectivity index (χ2n) is 6.30. The molecule has 4 heteroatoms. The molecule has 118 valence electrons. The van der Waals surface area contributed by atoms with Crippen LogP contribution in [0.1, 0.15) is 30.1 Å². The van der Waals surface area contributed by atoms with Gasteiger partial charge in [0.2, 0.25) is 0 Å². The lowest BCUT2D eigenvalue weighted by Gasteiger charge is -2.32. The van der Waals surface area contributed by atoms with Crippen LogP contribution in [0.15, 0.2) is 48.5 Å². The second-order valence-corrected chi connectivity index (χ2v) is 6.71. The Morgan fingerprint density at radius 3 is 2.83 bits per heavy atom. The van der Waals surface area contributed by atoms with Crippen molar-refractivity contribution < 1.29 is 0 Å². The van der Waals surface area contributed by atoms with E-state index >= 15 is 0 Å². The predicted molar refractivity (Wildman–Crippen MR) is 94.8 cm³/mol. The lowest BCUT2D eigenvalue weighted by atomic mass is 9.97. The molecule has 1 aliphatic heterocycles. The van der Waals surface area contributed by atoms with Gasteiger partial charge >= 0.3 is 0 Å². The van der Waals surface area contributed by atoms with Crippen molar-refractivity contribution in [3.8, 4) is 0 Å². The number of halogens is 1. The number of benzene rings is 2. The summed E-state index contributed by atoms with van der Waals surface area (Å²) in [5, 5.41) is 0.860. The topological polar surface area (TPSA) is 31.9 Å². The number of fused-ring (bicyclic) bond motifs is 1. The molecular formula is C19H20ClN3. The zero-order valence-electron chi connectivity index (χ0n) is 13.0. The van der Waals surface area contributed by atoms with E-state index in [0.717, 1.165) is 41.5 Å². The molecule has 1 saturated heterocycles. The van der Waals surface area contributed by atoms with Crippen molar-refractivity contribution in [3.05, 3.63) is 64.9 Å². The van der Waals surface area contributed by atoms with E-state index in [4.69, 9.17) is 16.6 Å². The van der Waals surface area contributed by atoms with Gasteiger partial charge < -0.3 is 4.98 Å². The Labute approximate surface area is 141 Å². The molecule has 1 fully saturated rings. The first-order chi connectivity index (χ1) is 11.3. The van der Waals surface area contributed by atoms with Gasteiger partial charge in [-0.2, -0.15) is 0 Å². The Morgan fingerprint density at radius 2 is 1.96 bits per heavy atom. The van der Waals surface area contributed by atoms with Gasteiger partial charge in [0.15, 0.2) is 0 Å². The van der Waals surface area contributed by atoms with E-state index < -0.39 is 0 Å². The van der Waals surface area contributed by atoms with Gasteiger partial charge in [-0.25, -0.2) is 4.98 Å². The first-order valence-corrected chi connectivity index (χ1v) is 8.58. The molecule has 3 nitrogen and oxygen atoms in total. The van der Waals surface area contributed by atoms with Gasteiger partial charge in [-0.05, 0) is 43.1 Å². The monoisotopic (exact) mass is 325 g/mol. The lowest BCUT2D eigenvalue weighted by molar-refractivity contribution is 0.197. The summed E-state index contributed by atoms with van der Waals surface area (Å²) in [4.78, 5) is 10.8. The average molecular weight is 326 g/mol. The number of likely N-dealkylation sites (tertiary alicyclic amines) is 1. The molecule has 3 aromatic rings. The molecule has 0 aliphatic carbocycles. The molecule has 4 rings (SSSR count). The summed E-state index contributed by atoms with van der Waals surface area (Å²) in [5.41, 5.74) is 3.40. The molecule has 1 aliphatic rings. The standard InChI is InChI=1S/C19H20ClN3/c20-16-8-2-1-6-14(16)12-23-11-5-7-15(13-23)19-21-17-9-3-4-10-18(17)22-19/h1-4,6,8-10,15H,5,7,11-13H2,(H,21,22)/t15-/m0/s1. The quantitative estimate of drug-likeness (QED) is 0.763. The van der Waals surface area contributed by atoms with Crippen LogP contribution in [-0.4, -0.2) is 28.0 Å². The van der Waals surface area contributed by atoms with Crippen LogP contribution in [0.4, 0.5) is 0 Å². The highest BCUT2D eigenvalue weighted by molar-refractivity contribution is 6.31. The van der Waals surface area contributed by atoms with Crippen molar-refractivity contribution in [1.29, 1.82) is 0 Å². The molecule has 0 bridgehead atoms. The largest absolute Gasteiger partial charge is 0.342 e. The Morgan fingerprint density at radius 1 is 1.13 bits per heavy atom. The predicted octanol–water partition coefficient (Wildman–Crippen LogP) is 4.60. The number of hydrogen-bond acceptors (Lipinski definition) is 2. The number of imidazole rings is 1. The van der Waals surface area contributed by atoms with Gasteiger partial charge in [0.25, 0.3) is 0 Å². The van der Waals surface area contributed by atoms with Gasteiger partial charge in [-0.1, -0.05) is 41.9 Å². The number of aromatic amines is 1. The Hall–Kier alpha value is -1.84. The normalized spacial score (nSPS) is 19.3. The molecule has 23 heavy (non-hydrogen) atoms. The van der Waals surface area contributed by atoms with Crippen LogP contribution in [0.2, 0.25) is 5.02 Å². The summed E-state index contributed by atoms with van der Waals surface area (Å²) >= 11 is 6.31. The van der Waals surface area contributed by atoms with Crippen LogP contribution < -0.4 is 0 Å². The van der Waals surface area contributed by atoms with Crippen molar-refractivity contribution in [2.24, 2.45) is 0 Å². The highest BCUT2D eigenvalue weighted by atomic mass is 35.5. The molecule has 1 aromatic heterocycles. The number of nitrogens with zero attached hydrogens (tertiary/aromatic N) is 2. The Bertz CT molecular complexity index is 778. The van der Waals surface area contributed by atoms with Crippen molar-refractivity contribution >= 4 is 22.6 Å². The van der Waals surface area contributed by atoms with Gasteiger partial charge in [-0.3, -0.25) is 4.90 Å². The van der Waals surface area contributed by atoms with Gasteiger partial charge in [0, 0.05) is 24.0 Å². The fourth-order valence-corrected chi connectivity index (χ4v) is 3.65. The SMILES string of the molecule is Clc1ccccc1CN1CCC[C@H](c2nc3ccccc3[nH]2)C1. The van der Waals surface area contributed by atoms with E-state index in [1.807, 2.05) is 18.2 Å². The molecule has 2 aromatic carbocycles. The van der Waals surface area contributed by atoms with E-state index in [-0.39, 0.29) is 0 Å². The minimum absolute atomic E-state index is 0.471. The minimum Gasteiger partial charge on any atom is -0.342 e. The molecule has 2 heterocycles. The number of rotatable bonds is 3. The maximum absolute atomic E-state index is 6.31. The molecule has 0 spiro atoms. The van der Waals surface area contributed by atoms with Crippen molar-refractivity contribution in [3.63, 3.8) is 0 Å². The van der Waals surface area contributed by atoms with Crippen molar-refractivity contribution in [2.45, 2.75) is 25.3 Å². The highest BCUT2D eigenvalue weighted by Gasteiger charge is 2.24. The number of hydrogen-bond donors (Lipinski definition) is 1. The van der Waals surface area contributed by atoms with Gasteiger partial charge in [0.05, 0.1) is 11.0 Å². The van der Waals surface area contributed by atoms with E-state index in [1.54, 1.807) is 0 Å². The number of piperidine rings is 1. The molecule has 0 radical (unpaired) electrons. The molecule has 0 unspecified atom stereocenters. The van der Waals surface area contributed by atoms with Gasteiger partial charge in [-0.15, -0.1) is 0 Å². The van der Waals surface area contributed by atoms with Crippen LogP contribution in [0.25, 0.3) is 11.0 Å². The summed E-state index contributed by atoms with van der Waals surface area (Å²) in [6, 6.07) is 16.4. The molecule has 0 saturated carbocycles. The second kappa shape index (κ2) is 6.34. The maximum atomic E-state index is 6.31. The lowest BCUT2D eigenvalue weighted by Crippen LogP contribution is -2.34. The van der Waals surface area contributed by atoms with E-state index in [1.165, 1.54) is 18.4 Å². The van der Waals surface area contributed by atoms with Crippen molar-refractivity contribution in [1.82, 2.24) is 14.9 Å². The summed E-state index contributed by atoms with van der Waals surface area (Å²) < 4.78 is 0. The molecule has 1 N–H and O–H groups in total. The molecular weight excluding hydrogens is 306 g/mol. The minimum atomic E-state index is 0.471. The zero-order valence-corrected chi connectivity index (χ0v) is 13.8. The fraction of sp³-hybridized carbons (Fsp3) is 0.316.